The summed E-state index contributed by atoms with van der Waals surface area (Å²) in [5.41, 5.74) is 2.68. The number of guanidine groups is 1. The van der Waals surface area contributed by atoms with Gasteiger partial charge in [0.1, 0.15) is 5.01 Å². The summed E-state index contributed by atoms with van der Waals surface area (Å²) in [5.74, 6) is 1.69. The zero-order valence-corrected chi connectivity index (χ0v) is 18.2. The summed E-state index contributed by atoms with van der Waals surface area (Å²) in [5, 5.41) is 7.87. The maximum atomic E-state index is 4.45. The van der Waals surface area contributed by atoms with Gasteiger partial charge in [0, 0.05) is 31.2 Å². The van der Waals surface area contributed by atoms with Gasteiger partial charge in [0.2, 0.25) is 0 Å². The molecule has 0 aliphatic carbocycles. The second-order valence-corrected chi connectivity index (χ2v) is 8.83. The van der Waals surface area contributed by atoms with E-state index in [2.05, 4.69) is 63.6 Å². The molecule has 0 spiro atoms. The van der Waals surface area contributed by atoms with Gasteiger partial charge in [-0.15, -0.1) is 11.3 Å². The summed E-state index contributed by atoms with van der Waals surface area (Å²) in [7, 11) is 1.81. The predicted molar refractivity (Wildman–Crippen MR) is 119 cm³/mol. The van der Waals surface area contributed by atoms with Crippen molar-refractivity contribution in [2.45, 2.75) is 52.7 Å². The van der Waals surface area contributed by atoms with Crippen molar-refractivity contribution in [1.29, 1.82) is 0 Å². The molecular formula is C22H33N5S. The molecule has 0 unspecified atom stereocenters. The molecule has 28 heavy (non-hydrogen) atoms. The van der Waals surface area contributed by atoms with Gasteiger partial charge < -0.3 is 10.6 Å². The van der Waals surface area contributed by atoms with Crippen LogP contribution in [0.25, 0.3) is 0 Å². The summed E-state index contributed by atoms with van der Waals surface area (Å²) in [6.45, 7) is 9.48. The minimum Gasteiger partial charge on any atom is -0.352 e. The highest BCUT2D eigenvalue weighted by atomic mass is 32.1. The van der Waals surface area contributed by atoms with Gasteiger partial charge >= 0.3 is 0 Å². The molecule has 0 amide bonds. The molecule has 1 fully saturated rings. The molecule has 152 valence electrons. The molecule has 2 aromatic rings. The highest BCUT2D eigenvalue weighted by Crippen LogP contribution is 2.18. The summed E-state index contributed by atoms with van der Waals surface area (Å²) >= 11 is 1.76. The molecule has 0 saturated carbocycles. The van der Waals surface area contributed by atoms with Crippen molar-refractivity contribution >= 4 is 17.3 Å². The van der Waals surface area contributed by atoms with Crippen LogP contribution < -0.4 is 10.6 Å². The molecule has 1 aliphatic heterocycles. The quantitative estimate of drug-likeness (QED) is 0.549. The maximum Gasteiger partial charge on any atom is 0.191 e. The van der Waals surface area contributed by atoms with Crippen LogP contribution in [-0.2, 0) is 26.1 Å². The zero-order valence-electron chi connectivity index (χ0n) is 17.4. The van der Waals surface area contributed by atoms with Crippen LogP contribution in [0.4, 0.5) is 0 Å². The third-order valence-electron chi connectivity index (χ3n) is 5.31. The van der Waals surface area contributed by atoms with Crippen LogP contribution in [0.15, 0.2) is 35.5 Å². The van der Waals surface area contributed by atoms with E-state index in [0.717, 1.165) is 36.4 Å². The molecule has 1 aromatic carbocycles. The molecule has 6 heteroatoms. The Hall–Kier alpha value is -1.92. The molecule has 1 aromatic heterocycles. The number of aryl methyl sites for hydroxylation is 1. The molecule has 3 rings (SSSR count). The third kappa shape index (κ3) is 6.31. The van der Waals surface area contributed by atoms with Crippen LogP contribution in [0.3, 0.4) is 0 Å². The van der Waals surface area contributed by atoms with Crippen molar-refractivity contribution in [3.8, 4) is 0 Å². The topological polar surface area (TPSA) is 52.6 Å². The van der Waals surface area contributed by atoms with Crippen LogP contribution in [0.2, 0.25) is 0 Å². The highest BCUT2D eigenvalue weighted by molar-refractivity contribution is 7.11. The van der Waals surface area contributed by atoms with Gasteiger partial charge in [-0.3, -0.25) is 9.89 Å². The van der Waals surface area contributed by atoms with Crippen molar-refractivity contribution in [1.82, 2.24) is 20.5 Å². The number of hydrogen-bond acceptors (Lipinski definition) is 4. The molecule has 0 atom stereocenters. The number of nitrogens with zero attached hydrogens (tertiary/aromatic N) is 3. The van der Waals surface area contributed by atoms with Crippen molar-refractivity contribution in [3.05, 3.63) is 51.5 Å². The molecule has 0 radical (unpaired) electrons. The van der Waals surface area contributed by atoms with Gasteiger partial charge in [0.15, 0.2) is 5.96 Å². The first-order valence-corrected chi connectivity index (χ1v) is 11.2. The van der Waals surface area contributed by atoms with Crippen LogP contribution in [0.5, 0.6) is 0 Å². The predicted octanol–water partition coefficient (Wildman–Crippen LogP) is 3.80. The fraction of sp³-hybridized carbons (Fsp3) is 0.545. The van der Waals surface area contributed by atoms with Gasteiger partial charge in [0.05, 0.1) is 6.54 Å². The van der Waals surface area contributed by atoms with E-state index in [4.69, 9.17) is 0 Å². The molecule has 1 saturated heterocycles. The molecule has 1 aliphatic rings. The van der Waals surface area contributed by atoms with Crippen molar-refractivity contribution in [2.24, 2.45) is 10.9 Å². The fourth-order valence-electron chi connectivity index (χ4n) is 3.48. The standard InChI is InChI=1S/C22H33N5S/c1-4-20-14-24-21(28-20)15-26-22(23-3)25-13-18-6-5-7-19(12-18)16-27-10-8-17(2)9-11-27/h5-7,12,14,17H,4,8-11,13,15-16H2,1-3H3,(H2,23,25,26). The third-order valence-corrected chi connectivity index (χ3v) is 6.46. The number of thiazole rings is 1. The van der Waals surface area contributed by atoms with Crippen LogP contribution in [0, 0.1) is 5.92 Å². The number of rotatable bonds is 7. The van der Waals surface area contributed by atoms with Crippen molar-refractivity contribution in [2.75, 3.05) is 20.1 Å². The van der Waals surface area contributed by atoms with Crippen molar-refractivity contribution < 1.29 is 0 Å². The lowest BCUT2D eigenvalue weighted by atomic mass is 9.98. The van der Waals surface area contributed by atoms with E-state index in [1.165, 1.54) is 41.9 Å². The number of benzene rings is 1. The number of nitrogens with one attached hydrogen (secondary N) is 2. The normalized spacial score (nSPS) is 16.3. The van der Waals surface area contributed by atoms with E-state index in [1.54, 1.807) is 11.3 Å². The molecule has 5 nitrogen and oxygen atoms in total. The van der Waals surface area contributed by atoms with Crippen molar-refractivity contribution in [3.63, 3.8) is 0 Å². The van der Waals surface area contributed by atoms with Crippen LogP contribution in [-0.4, -0.2) is 36.0 Å². The molecule has 2 N–H and O–H groups in total. The van der Waals surface area contributed by atoms with Crippen LogP contribution >= 0.6 is 11.3 Å². The lowest BCUT2D eigenvalue weighted by molar-refractivity contribution is 0.185. The minimum absolute atomic E-state index is 0.706. The number of likely N-dealkylation sites (tertiary alicyclic amines) is 1. The smallest absolute Gasteiger partial charge is 0.191 e. The fourth-order valence-corrected chi connectivity index (χ4v) is 4.28. The second-order valence-electron chi connectivity index (χ2n) is 7.63. The van der Waals surface area contributed by atoms with E-state index in [1.807, 2.05) is 13.2 Å². The monoisotopic (exact) mass is 399 g/mol. The Morgan fingerprint density at radius 2 is 1.96 bits per heavy atom. The van der Waals surface area contributed by atoms with Gasteiger partial charge in [-0.2, -0.15) is 0 Å². The van der Waals surface area contributed by atoms with E-state index >= 15 is 0 Å². The van der Waals surface area contributed by atoms with Gasteiger partial charge in [-0.05, 0) is 49.4 Å². The average Bonchev–Trinajstić information content (AvgIpc) is 3.18. The summed E-state index contributed by atoms with van der Waals surface area (Å²) in [6.07, 6.45) is 5.65. The average molecular weight is 400 g/mol. The van der Waals surface area contributed by atoms with E-state index < -0.39 is 0 Å². The zero-order chi connectivity index (χ0) is 19.8. The first-order valence-electron chi connectivity index (χ1n) is 10.3. The number of aliphatic imine (C=N–C) groups is 1. The summed E-state index contributed by atoms with van der Waals surface area (Å²) in [6, 6.07) is 8.89. The first-order chi connectivity index (χ1) is 13.7. The Kier molecular flexibility index (Phi) is 7.86. The Morgan fingerprint density at radius 1 is 1.21 bits per heavy atom. The SMILES string of the molecule is CCc1cnc(CNC(=NC)NCc2cccc(CN3CCC(C)CC3)c2)s1. The number of piperidine rings is 1. The summed E-state index contributed by atoms with van der Waals surface area (Å²) in [4.78, 5) is 12.7. The Morgan fingerprint density at radius 3 is 2.68 bits per heavy atom. The molecular weight excluding hydrogens is 366 g/mol. The largest absolute Gasteiger partial charge is 0.352 e. The maximum absolute atomic E-state index is 4.45. The van der Waals surface area contributed by atoms with E-state index in [-0.39, 0.29) is 0 Å². The van der Waals surface area contributed by atoms with Gasteiger partial charge in [-0.25, -0.2) is 4.98 Å². The Labute approximate surface area is 173 Å². The van der Waals surface area contributed by atoms with Gasteiger partial charge in [-0.1, -0.05) is 38.1 Å². The molecule has 0 bridgehead atoms. The summed E-state index contributed by atoms with van der Waals surface area (Å²) < 4.78 is 0. The lowest BCUT2D eigenvalue weighted by Crippen LogP contribution is -2.36. The first kappa shape index (κ1) is 20.8. The minimum atomic E-state index is 0.706. The second kappa shape index (κ2) is 10.6. The molecule has 2 heterocycles. The Balaban J connectivity index is 1.47. The van der Waals surface area contributed by atoms with Crippen LogP contribution in [0.1, 0.15) is 47.7 Å². The Bertz CT molecular complexity index is 762. The number of hydrogen-bond donors (Lipinski definition) is 2. The lowest BCUT2D eigenvalue weighted by Gasteiger charge is -2.30. The van der Waals surface area contributed by atoms with E-state index in [0.29, 0.717) is 6.54 Å². The van der Waals surface area contributed by atoms with Gasteiger partial charge in [0.25, 0.3) is 0 Å². The highest BCUT2D eigenvalue weighted by Gasteiger charge is 2.15. The number of aromatic nitrogens is 1. The van der Waals surface area contributed by atoms with E-state index in [9.17, 15) is 0 Å².